The number of allylic oxidation sites excluding steroid dienone is 2. The van der Waals surface area contributed by atoms with Crippen molar-refractivity contribution >= 4 is 105 Å². The van der Waals surface area contributed by atoms with Crippen molar-refractivity contribution in [3.05, 3.63) is 327 Å². The first-order valence-electron chi connectivity index (χ1n) is 51.7. The second kappa shape index (κ2) is 52.0. The van der Waals surface area contributed by atoms with Gasteiger partial charge in [-0.05, 0) is 266 Å². The number of nitrogens with zero attached hydrogens (tertiary/aromatic N) is 14. The molecule has 1 saturated heterocycles. The molecule has 0 spiro atoms. The van der Waals surface area contributed by atoms with E-state index >= 15 is 0 Å². The molecule has 4 aliphatic heterocycles. The summed E-state index contributed by atoms with van der Waals surface area (Å²) in [4.78, 5) is 29.9. The van der Waals surface area contributed by atoms with Crippen molar-refractivity contribution in [2.75, 3.05) is 68.9 Å². The van der Waals surface area contributed by atoms with Gasteiger partial charge in [0.05, 0.1) is 81.6 Å². The fraction of sp³-hybridized carbons (Fsp3) is 0.411. The molecule has 19 nitrogen and oxygen atoms in total. The minimum atomic E-state index is 0.160. The SMILES string of the molecule is CC(C)C1=CC2OCOC2C=C1.CC(C)c1ccc2c(c1)CC(=O)N2C.CC(C)c1ccc2c(c1)N(C)CCO2.CC(C)c1ccc2c(c1)OCCN2C.CC(C)c1ccc2c(ccn2C)c1.CC(C)c1ccc2c(cnn2C)c1.CC(C)c1ccc2nn(C)cc2c1.CC(C)c1cnc2c(ccn2C)c1.CCn1ncc2cc(C(C)C)ccc21.Cc1nc2cc(C(C)C)ccc2s1.[C-]#[N+]c1ccc(C(C)C)cc1. The molecule has 762 valence electrons. The molecule has 0 saturated carbocycles. The molecule has 11 heterocycles. The van der Waals surface area contributed by atoms with E-state index in [4.69, 9.17) is 25.5 Å². The summed E-state index contributed by atoms with van der Waals surface area (Å²) in [6, 6.07) is 66.4. The van der Waals surface area contributed by atoms with Crippen LogP contribution in [-0.2, 0) is 55.4 Å². The quantitative estimate of drug-likeness (QED) is 0.107. The second-order valence-electron chi connectivity index (χ2n) is 41.6. The lowest BCUT2D eigenvalue weighted by atomic mass is 9.95. The Bertz CT molecular complexity index is 6660. The molecule has 21 rings (SSSR count). The van der Waals surface area contributed by atoms with Gasteiger partial charge in [0.2, 0.25) is 5.91 Å². The molecule has 2 unspecified atom stereocenters. The molecular formula is C124H160N14O5S. The van der Waals surface area contributed by atoms with Crippen molar-refractivity contribution in [1.29, 1.82) is 0 Å². The van der Waals surface area contributed by atoms with Gasteiger partial charge in [-0.15, -0.1) is 11.3 Å². The van der Waals surface area contributed by atoms with E-state index < -0.39 is 0 Å². The fourth-order valence-electron chi connectivity index (χ4n) is 17.1. The number of rotatable bonds is 12. The van der Waals surface area contributed by atoms with Gasteiger partial charge in [-0.3, -0.25) is 18.8 Å². The van der Waals surface area contributed by atoms with Gasteiger partial charge in [0.25, 0.3) is 0 Å². The van der Waals surface area contributed by atoms with Crippen LogP contribution >= 0.6 is 11.3 Å². The number of hydrogen-bond acceptors (Lipinski definition) is 13. The smallest absolute Gasteiger partial charge is 0.231 e. The second-order valence-corrected chi connectivity index (χ2v) is 42.9. The molecule has 7 aromatic heterocycles. The zero-order valence-corrected chi connectivity index (χ0v) is 92.6. The Morgan fingerprint density at radius 1 is 0.431 bits per heavy atom. The molecular weight excluding hydrogens is 1800 g/mol. The minimum absolute atomic E-state index is 0.160. The van der Waals surface area contributed by atoms with Crippen LogP contribution in [0.3, 0.4) is 0 Å². The van der Waals surface area contributed by atoms with Crippen LogP contribution in [0.1, 0.15) is 285 Å². The number of likely N-dealkylation sites (N-methyl/N-ethyl adjacent to an activating group) is 3. The number of carbonyl (C=O) groups is 1. The maximum Gasteiger partial charge on any atom is 0.231 e. The number of aromatic nitrogens is 10. The minimum Gasteiger partial charge on any atom is -0.490 e. The van der Waals surface area contributed by atoms with E-state index in [1.54, 1.807) is 16.2 Å². The Morgan fingerprint density at radius 2 is 0.910 bits per heavy atom. The highest BCUT2D eigenvalue weighted by Crippen LogP contribution is 2.38. The molecule has 0 bridgehead atoms. The first-order chi connectivity index (χ1) is 68.6. The predicted octanol–water partition coefficient (Wildman–Crippen LogP) is 31.1. The number of fused-ring (bicyclic) bond motifs is 10. The number of amides is 1. The number of hydrogen-bond donors (Lipinski definition) is 0. The summed E-state index contributed by atoms with van der Waals surface area (Å²) in [5.74, 6) is 8.56. The summed E-state index contributed by atoms with van der Waals surface area (Å²) in [5.41, 5.74) is 27.3. The first-order valence-corrected chi connectivity index (χ1v) is 52.5. The Kier molecular flexibility index (Phi) is 40.3. The number of carbonyl (C=O) groups excluding carboxylic acids is 1. The summed E-state index contributed by atoms with van der Waals surface area (Å²) >= 11 is 1.76. The van der Waals surface area contributed by atoms with E-state index in [0.29, 0.717) is 78.3 Å². The Balaban J connectivity index is 0.000000151. The molecule has 9 aromatic carbocycles. The number of ether oxygens (including phenoxy) is 4. The van der Waals surface area contributed by atoms with Crippen molar-refractivity contribution in [2.45, 2.75) is 251 Å². The highest BCUT2D eigenvalue weighted by Gasteiger charge is 2.29. The lowest BCUT2D eigenvalue weighted by molar-refractivity contribution is -0.117. The normalized spacial score (nSPS) is 14.2. The van der Waals surface area contributed by atoms with Crippen LogP contribution in [0.25, 0.3) is 69.7 Å². The zero-order chi connectivity index (χ0) is 105. The van der Waals surface area contributed by atoms with Gasteiger partial charge in [-0.25, -0.2) is 14.8 Å². The summed E-state index contributed by atoms with van der Waals surface area (Å²) in [5, 5.41) is 20.3. The van der Waals surface area contributed by atoms with Crippen LogP contribution in [0.5, 0.6) is 11.5 Å². The summed E-state index contributed by atoms with van der Waals surface area (Å²) < 4.78 is 33.2. The standard InChI is InChI=1S/C12H16N2.C12H15NO.2C12H17NO.C12H15N.3C11H14N2.C11H13NS.C10H11N.C10H14O2/c1-4-14-12-6-5-10(9(2)3)7-11(12)8-13-14;1-8(2)9-4-5-11-10(6-9)7-12(14)13(11)3;1-9(2)10-4-5-12-11(8-10)13(3)6-7-14-12;1-9(2)10-4-5-11-12(8-10)14-7-6-13(11)3;1-9(2)10-4-5-12-11(8-10)6-7-13(12)3;1-8(2)10-6-9-4-5-13(3)11(9)12-7-10;1-8(2)9-4-5-11-10(6-9)7-13(3)12-11;1-8(2)9-4-5-11-10(6-9)7-12-13(11)3;1-7(2)9-4-5-11-10(6-9)12-8(3)13-11;1-8(2)9-4-6-10(11-3)7-5-9;1-7(2)8-3-4-9-10(5-8)12-6-11-9/h5-9H,4H2,1-3H3;4-6,8H,7H2,1-3H3;2*4-5,8-9H,6-7H2,1-3H3;4-9H,1-3H3;3*4-8H,1-3H3;4-7H,1-3H3;4-8H,1-2H3;3-5,7,9-10H,6H2,1-2H3. The predicted molar refractivity (Wildman–Crippen MR) is 609 cm³/mol. The number of pyridine rings is 1. The fourth-order valence-corrected chi connectivity index (χ4v) is 17.9. The van der Waals surface area contributed by atoms with Crippen LogP contribution in [0.4, 0.5) is 22.7 Å². The number of thiazole rings is 1. The molecule has 20 heteroatoms. The van der Waals surface area contributed by atoms with E-state index in [1.165, 1.54) is 126 Å². The highest BCUT2D eigenvalue weighted by atomic mass is 32.1. The molecule has 1 fully saturated rings. The first kappa shape index (κ1) is 111. The molecule has 5 aliphatic rings. The number of aryl methyl sites for hydroxylation is 6. The number of benzene rings is 9. The lowest BCUT2D eigenvalue weighted by Crippen LogP contribution is -2.28. The van der Waals surface area contributed by atoms with Gasteiger partial charge >= 0.3 is 0 Å². The Labute approximate surface area is 863 Å². The van der Waals surface area contributed by atoms with Gasteiger partial charge in [-0.2, -0.15) is 15.3 Å². The van der Waals surface area contributed by atoms with Gasteiger partial charge in [-0.1, -0.05) is 243 Å². The van der Waals surface area contributed by atoms with E-state index in [1.807, 2.05) is 95.9 Å². The van der Waals surface area contributed by atoms with Gasteiger partial charge < -0.3 is 42.8 Å². The third kappa shape index (κ3) is 30.1. The molecule has 144 heavy (non-hydrogen) atoms. The Hall–Kier alpha value is -12.9. The largest absolute Gasteiger partial charge is 0.490 e. The third-order valence-corrected chi connectivity index (χ3v) is 27.9. The van der Waals surface area contributed by atoms with Crippen molar-refractivity contribution in [2.24, 2.45) is 34.1 Å². The van der Waals surface area contributed by atoms with E-state index in [-0.39, 0.29) is 18.1 Å². The van der Waals surface area contributed by atoms with Gasteiger partial charge in [0.15, 0.2) is 5.69 Å². The lowest BCUT2D eigenvalue weighted by Gasteiger charge is -2.28. The van der Waals surface area contributed by atoms with Gasteiger partial charge in [0.1, 0.15) is 49.4 Å². The summed E-state index contributed by atoms with van der Waals surface area (Å²) in [6.07, 6.45) is 19.3. The molecule has 1 aliphatic carbocycles. The zero-order valence-electron chi connectivity index (χ0n) is 91.8. The monoisotopic (exact) mass is 1960 g/mol. The average molecular weight is 1960 g/mol. The number of anilines is 3. The third-order valence-electron chi connectivity index (χ3n) is 26.9. The van der Waals surface area contributed by atoms with Crippen LogP contribution in [0.2, 0.25) is 0 Å². The summed E-state index contributed by atoms with van der Waals surface area (Å²) in [6.45, 7) is 64.2. The highest BCUT2D eigenvalue weighted by molar-refractivity contribution is 7.18. The Morgan fingerprint density at radius 3 is 1.51 bits per heavy atom. The molecule has 0 radical (unpaired) electrons. The van der Waals surface area contributed by atoms with Crippen LogP contribution in [0, 0.1) is 19.4 Å². The molecule has 0 N–H and O–H groups in total. The van der Waals surface area contributed by atoms with E-state index in [2.05, 4.69) is 426 Å². The molecule has 1 amide bonds. The van der Waals surface area contributed by atoms with Crippen molar-refractivity contribution in [3.8, 4) is 11.5 Å². The van der Waals surface area contributed by atoms with Crippen LogP contribution in [0.15, 0.2) is 249 Å². The maximum absolute atomic E-state index is 11.4. The van der Waals surface area contributed by atoms with Crippen molar-refractivity contribution in [3.63, 3.8) is 0 Å². The molecule has 2 atom stereocenters. The maximum atomic E-state index is 11.4. The topological polar surface area (TPSA) is 157 Å². The molecule has 16 aromatic rings. The van der Waals surface area contributed by atoms with Gasteiger partial charge in [0, 0.05) is 113 Å². The van der Waals surface area contributed by atoms with E-state index in [9.17, 15) is 4.79 Å². The summed E-state index contributed by atoms with van der Waals surface area (Å²) in [7, 11) is 14.1. The van der Waals surface area contributed by atoms with Crippen LogP contribution in [-0.4, -0.2) is 121 Å². The average Bonchev–Trinajstić information content (AvgIpc) is 1.59. The van der Waals surface area contributed by atoms with Crippen molar-refractivity contribution < 1.29 is 23.7 Å². The van der Waals surface area contributed by atoms with E-state index in [0.717, 1.165) is 77.4 Å². The van der Waals surface area contributed by atoms with Crippen molar-refractivity contribution in [1.82, 2.24) is 48.4 Å². The van der Waals surface area contributed by atoms with Crippen LogP contribution < -0.4 is 24.2 Å².